The number of nitrogens with two attached hydrogens (primary N) is 1. The molecule has 0 radical (unpaired) electrons. The van der Waals surface area contributed by atoms with Crippen LogP contribution in [0.15, 0.2) is 31.3 Å². The van der Waals surface area contributed by atoms with Crippen LogP contribution in [0.3, 0.4) is 0 Å². The minimum atomic E-state index is -1.30. The van der Waals surface area contributed by atoms with Gasteiger partial charge in [0.25, 0.3) is 11.8 Å². The highest BCUT2D eigenvalue weighted by molar-refractivity contribution is 9.28. The second-order valence-electron chi connectivity index (χ2n) is 6.15. The summed E-state index contributed by atoms with van der Waals surface area (Å²) in [6.45, 7) is -0.794. The van der Waals surface area contributed by atoms with Gasteiger partial charge in [-0.2, -0.15) is 0 Å². The van der Waals surface area contributed by atoms with E-state index >= 15 is 0 Å². The summed E-state index contributed by atoms with van der Waals surface area (Å²) in [7, 11) is 0. The van der Waals surface area contributed by atoms with Gasteiger partial charge in [-0.15, -0.1) is 23.1 Å². The largest absolute Gasteiger partial charge is 0.479 e. The SMILES string of the molecule is Nc1nc(C(=NOCC(=O)O)C(=O)NC2C(=O)N3C(C(=O)O)=C(C=C(Br)Br)CS[C@@H]23)cs1. The van der Waals surface area contributed by atoms with E-state index in [2.05, 4.69) is 52.2 Å². The highest BCUT2D eigenvalue weighted by Gasteiger charge is 2.54. The third-order valence-electron chi connectivity index (χ3n) is 4.09. The first-order chi connectivity index (χ1) is 15.1. The molecule has 0 aliphatic carbocycles. The molecule has 2 aliphatic heterocycles. The van der Waals surface area contributed by atoms with E-state index in [0.717, 1.165) is 16.2 Å². The Bertz CT molecular complexity index is 1080. The predicted molar refractivity (Wildman–Crippen MR) is 122 cm³/mol. The molecule has 1 aromatic heterocycles. The molecule has 2 amide bonds. The molecule has 1 aromatic rings. The number of carboxylic acids is 2. The molecule has 0 saturated carbocycles. The van der Waals surface area contributed by atoms with Crippen LogP contribution < -0.4 is 11.1 Å². The van der Waals surface area contributed by atoms with E-state index in [1.54, 1.807) is 6.08 Å². The molecule has 5 N–H and O–H groups in total. The van der Waals surface area contributed by atoms with Crippen LogP contribution in [0.25, 0.3) is 0 Å². The summed E-state index contributed by atoms with van der Waals surface area (Å²) in [5.41, 5.74) is 5.50. The van der Waals surface area contributed by atoms with E-state index in [-0.39, 0.29) is 28.0 Å². The Morgan fingerprint density at radius 1 is 1.41 bits per heavy atom. The molecule has 1 unspecified atom stereocenters. The number of aromatic nitrogens is 1. The van der Waals surface area contributed by atoms with Crippen LogP contribution in [0.1, 0.15) is 5.69 Å². The summed E-state index contributed by atoms with van der Waals surface area (Å²) in [6, 6.07) is -1.03. The minimum absolute atomic E-state index is 0.0380. The van der Waals surface area contributed by atoms with Crippen molar-refractivity contribution in [3.63, 3.8) is 0 Å². The van der Waals surface area contributed by atoms with E-state index in [1.165, 1.54) is 17.1 Å². The Morgan fingerprint density at radius 2 is 2.12 bits per heavy atom. The van der Waals surface area contributed by atoms with Crippen molar-refractivity contribution in [2.45, 2.75) is 11.4 Å². The van der Waals surface area contributed by atoms with E-state index in [9.17, 15) is 24.3 Å². The van der Waals surface area contributed by atoms with Crippen molar-refractivity contribution in [3.8, 4) is 0 Å². The number of nitrogens with one attached hydrogen (secondary N) is 1. The number of carbonyl (C=O) groups is 4. The van der Waals surface area contributed by atoms with Crippen molar-refractivity contribution in [2.24, 2.45) is 5.16 Å². The van der Waals surface area contributed by atoms with Crippen molar-refractivity contribution < 1.29 is 34.2 Å². The molecule has 2 atom stereocenters. The number of halogens is 2. The van der Waals surface area contributed by atoms with Gasteiger partial charge in [-0.05, 0) is 43.5 Å². The van der Waals surface area contributed by atoms with Crippen molar-refractivity contribution in [1.29, 1.82) is 0 Å². The van der Waals surface area contributed by atoms with Crippen LogP contribution in [0.4, 0.5) is 5.13 Å². The van der Waals surface area contributed by atoms with Crippen LogP contribution in [0.2, 0.25) is 0 Å². The lowest BCUT2D eigenvalue weighted by atomic mass is 10.0. The Hall–Kier alpha value is -2.43. The minimum Gasteiger partial charge on any atom is -0.479 e. The van der Waals surface area contributed by atoms with Crippen molar-refractivity contribution in [2.75, 3.05) is 18.1 Å². The van der Waals surface area contributed by atoms with Crippen LogP contribution in [-0.2, 0) is 24.0 Å². The molecule has 1 saturated heterocycles. The number of β-lactam (4-membered cyclic amide) rings is 1. The molecule has 3 rings (SSSR count). The smallest absolute Gasteiger partial charge is 0.352 e. The lowest BCUT2D eigenvalue weighted by molar-refractivity contribution is -0.150. The normalized spacial score (nSPS) is 20.2. The number of hydrogen-bond donors (Lipinski definition) is 4. The number of thioether (sulfide) groups is 1. The molecule has 16 heteroatoms. The molecule has 0 bridgehead atoms. The van der Waals surface area contributed by atoms with Gasteiger partial charge >= 0.3 is 11.9 Å². The third kappa shape index (κ3) is 5.13. The van der Waals surface area contributed by atoms with Gasteiger partial charge in [0, 0.05) is 11.1 Å². The number of carboxylic acid groups (broad SMARTS) is 2. The lowest BCUT2D eigenvalue weighted by Crippen LogP contribution is -2.71. The van der Waals surface area contributed by atoms with Crippen molar-refractivity contribution in [3.05, 3.63) is 31.8 Å². The number of carbonyl (C=O) groups excluding carboxylic acids is 2. The number of amides is 2. The van der Waals surface area contributed by atoms with Crippen LogP contribution in [-0.4, -0.2) is 73.3 Å². The summed E-state index contributed by atoms with van der Waals surface area (Å²) in [5, 5.41) is 25.2. The average Bonchev–Trinajstić information content (AvgIpc) is 3.13. The predicted octanol–water partition coefficient (Wildman–Crippen LogP) is 0.900. The molecule has 3 heterocycles. The zero-order valence-corrected chi connectivity index (χ0v) is 20.5. The number of nitrogens with zero attached hydrogens (tertiary/aromatic N) is 3. The van der Waals surface area contributed by atoms with E-state index in [4.69, 9.17) is 10.8 Å². The highest BCUT2D eigenvalue weighted by Crippen LogP contribution is 2.41. The highest BCUT2D eigenvalue weighted by atomic mass is 79.9. The van der Waals surface area contributed by atoms with Gasteiger partial charge in [-0.25, -0.2) is 14.6 Å². The second-order valence-corrected chi connectivity index (χ2v) is 10.9. The number of hydrogen-bond acceptors (Lipinski definition) is 10. The molecule has 0 aromatic carbocycles. The summed E-state index contributed by atoms with van der Waals surface area (Å²) in [4.78, 5) is 57.6. The van der Waals surface area contributed by atoms with Crippen LogP contribution >= 0.6 is 55.0 Å². The zero-order valence-electron chi connectivity index (χ0n) is 15.7. The molecule has 170 valence electrons. The maximum Gasteiger partial charge on any atom is 0.352 e. The number of anilines is 1. The molecular formula is C16H13Br2N5O7S2. The maximum atomic E-state index is 12.8. The molecule has 0 spiro atoms. The fourth-order valence-electron chi connectivity index (χ4n) is 2.85. The average molecular weight is 611 g/mol. The third-order valence-corrected chi connectivity index (χ3v) is 6.53. The van der Waals surface area contributed by atoms with E-state index in [0.29, 0.717) is 8.96 Å². The quantitative estimate of drug-likeness (QED) is 0.187. The van der Waals surface area contributed by atoms with Crippen LogP contribution in [0.5, 0.6) is 0 Å². The molecule has 32 heavy (non-hydrogen) atoms. The van der Waals surface area contributed by atoms with Gasteiger partial charge in [-0.1, -0.05) is 5.16 Å². The molecule has 2 aliphatic rings. The van der Waals surface area contributed by atoms with Gasteiger partial charge in [-0.3, -0.25) is 14.5 Å². The first-order valence-electron chi connectivity index (χ1n) is 8.48. The van der Waals surface area contributed by atoms with Gasteiger partial charge < -0.3 is 26.1 Å². The number of thiazole rings is 1. The Morgan fingerprint density at radius 3 is 2.69 bits per heavy atom. The summed E-state index contributed by atoms with van der Waals surface area (Å²) in [5.74, 6) is -3.76. The van der Waals surface area contributed by atoms with Gasteiger partial charge in [0.15, 0.2) is 10.8 Å². The second kappa shape index (κ2) is 10.0. The Kier molecular flexibility index (Phi) is 7.58. The first kappa shape index (κ1) is 24.2. The van der Waals surface area contributed by atoms with E-state index in [1.807, 2.05) is 0 Å². The van der Waals surface area contributed by atoms with Gasteiger partial charge in [0.2, 0.25) is 6.61 Å². The monoisotopic (exact) mass is 609 g/mol. The Labute approximate surface area is 204 Å². The van der Waals surface area contributed by atoms with Gasteiger partial charge in [0.1, 0.15) is 22.8 Å². The molecule has 1 fully saturated rings. The number of rotatable bonds is 8. The number of nitrogen functional groups attached to an aromatic ring is 1. The number of fused-ring (bicyclic) bond motifs is 1. The lowest BCUT2D eigenvalue weighted by Gasteiger charge is -2.49. The Balaban J connectivity index is 1.81. The zero-order chi connectivity index (χ0) is 23.6. The summed E-state index contributed by atoms with van der Waals surface area (Å²) >= 11 is 8.65. The van der Waals surface area contributed by atoms with Crippen molar-refractivity contribution in [1.82, 2.24) is 15.2 Å². The fraction of sp³-hybridized carbons (Fsp3) is 0.250. The van der Waals surface area contributed by atoms with Crippen LogP contribution in [0, 0.1) is 0 Å². The van der Waals surface area contributed by atoms with Crippen molar-refractivity contribution >= 4 is 89.6 Å². The summed E-state index contributed by atoms with van der Waals surface area (Å²) in [6.07, 6.45) is 1.54. The molecule has 12 nitrogen and oxygen atoms in total. The number of aliphatic carboxylic acids is 2. The van der Waals surface area contributed by atoms with Gasteiger partial charge in [0.05, 0.1) is 3.39 Å². The fourth-order valence-corrected chi connectivity index (χ4v) is 5.25. The number of allylic oxidation sites excluding steroid dienone is 1. The number of oxime groups is 1. The topological polar surface area (TPSA) is 185 Å². The first-order valence-corrected chi connectivity index (χ1v) is 12.0. The summed E-state index contributed by atoms with van der Waals surface area (Å²) < 4.78 is 0.514. The standard InChI is InChI=1S/C16H13Br2N5O7S2/c17-7(18)1-5-3-31-14-10(13(27)23(14)11(5)15(28)29)21-12(26)9(22-30-2-8(24)25)6-4-32-16(19)20-6/h1,4,10,14H,2-3H2,(H2,19,20)(H,21,26)(H,24,25)(H,28,29)/t10?,14-/m0/s1. The van der Waals surface area contributed by atoms with E-state index < -0.39 is 41.8 Å². The molecular weight excluding hydrogens is 598 g/mol. The maximum absolute atomic E-state index is 12.8.